The molecule has 3 rings (SSSR count). The fourth-order valence-corrected chi connectivity index (χ4v) is 5.60. The van der Waals surface area contributed by atoms with Crippen LogP contribution in [-0.4, -0.2) is 71.0 Å². The maximum absolute atomic E-state index is 13.1. The smallest absolute Gasteiger partial charge is 0.318 e. The number of amides is 3. The zero-order valence-corrected chi connectivity index (χ0v) is 20.4. The van der Waals surface area contributed by atoms with Crippen LogP contribution in [-0.2, 0) is 26.1 Å². The lowest BCUT2D eigenvalue weighted by Gasteiger charge is -2.26. The van der Waals surface area contributed by atoms with Gasteiger partial charge in [0.05, 0.1) is 23.4 Å². The largest absolute Gasteiger partial charge is 0.379 e. The van der Waals surface area contributed by atoms with E-state index in [1.807, 2.05) is 18.4 Å². The first-order valence-electron chi connectivity index (χ1n) is 10.5. The van der Waals surface area contributed by atoms with E-state index in [0.29, 0.717) is 49.4 Å². The summed E-state index contributed by atoms with van der Waals surface area (Å²) in [7, 11) is -3.67. The number of nitrogens with two attached hydrogens (primary N) is 1. The molecule has 1 atom stereocenters. The second-order valence-electron chi connectivity index (χ2n) is 7.97. The summed E-state index contributed by atoms with van der Waals surface area (Å²) in [5.41, 5.74) is 5.63. The molecule has 2 heterocycles. The van der Waals surface area contributed by atoms with Crippen LogP contribution >= 0.6 is 11.8 Å². The Morgan fingerprint density at radius 3 is 2.55 bits per heavy atom. The summed E-state index contributed by atoms with van der Waals surface area (Å²) in [5.74, 6) is 0.189. The van der Waals surface area contributed by atoms with Gasteiger partial charge in [-0.25, -0.2) is 13.2 Å². The van der Waals surface area contributed by atoms with Crippen molar-refractivity contribution >= 4 is 33.7 Å². The van der Waals surface area contributed by atoms with Crippen molar-refractivity contribution in [1.82, 2.24) is 24.4 Å². The number of nitrogens with zero attached hydrogens (tertiary/aromatic N) is 4. The van der Waals surface area contributed by atoms with Crippen molar-refractivity contribution in [1.29, 1.82) is 0 Å². The molecule has 0 spiro atoms. The highest BCUT2D eigenvalue weighted by molar-refractivity contribution is 8.00. The number of carbonyl (C=O) groups excluding carboxylic acids is 2. The van der Waals surface area contributed by atoms with Crippen LogP contribution in [0, 0.1) is 5.92 Å². The van der Waals surface area contributed by atoms with E-state index in [0.717, 1.165) is 11.8 Å². The van der Waals surface area contributed by atoms with Crippen LogP contribution in [0.1, 0.15) is 20.8 Å². The molecule has 33 heavy (non-hydrogen) atoms. The molecule has 3 amide bonds. The van der Waals surface area contributed by atoms with E-state index >= 15 is 0 Å². The first kappa shape index (κ1) is 25.1. The molecule has 1 aromatic carbocycles. The van der Waals surface area contributed by atoms with Gasteiger partial charge in [0, 0.05) is 25.2 Å². The van der Waals surface area contributed by atoms with E-state index < -0.39 is 27.2 Å². The van der Waals surface area contributed by atoms with Crippen LogP contribution in [0.4, 0.5) is 4.79 Å². The molecular weight excluding hydrogens is 468 g/mol. The highest BCUT2D eigenvalue weighted by atomic mass is 32.2. The van der Waals surface area contributed by atoms with E-state index in [2.05, 4.69) is 15.5 Å². The Labute approximate surface area is 197 Å². The number of hydrogen-bond acceptors (Lipinski definition) is 8. The second-order valence-corrected chi connectivity index (χ2v) is 11.2. The van der Waals surface area contributed by atoms with Crippen molar-refractivity contribution in [2.24, 2.45) is 11.7 Å². The molecule has 13 heteroatoms. The molecule has 11 nitrogen and oxygen atoms in total. The van der Waals surface area contributed by atoms with E-state index in [9.17, 15) is 18.0 Å². The minimum absolute atomic E-state index is 0.171. The van der Waals surface area contributed by atoms with Crippen LogP contribution in [0.15, 0.2) is 34.3 Å². The number of urea groups is 1. The average Bonchev–Trinajstić information content (AvgIpc) is 3.15. The van der Waals surface area contributed by atoms with Crippen molar-refractivity contribution in [2.75, 3.05) is 26.3 Å². The van der Waals surface area contributed by atoms with E-state index in [1.54, 1.807) is 31.2 Å². The number of ether oxygens (including phenoxy) is 1. The Balaban J connectivity index is 1.93. The Morgan fingerprint density at radius 1 is 1.21 bits per heavy atom. The summed E-state index contributed by atoms with van der Waals surface area (Å²) in [4.78, 5) is 23.3. The van der Waals surface area contributed by atoms with E-state index in [1.165, 1.54) is 4.31 Å². The van der Waals surface area contributed by atoms with Crippen molar-refractivity contribution in [3.05, 3.63) is 24.3 Å². The van der Waals surface area contributed by atoms with Gasteiger partial charge in [-0.1, -0.05) is 37.7 Å². The first-order valence-corrected chi connectivity index (χ1v) is 12.8. The fourth-order valence-electron chi connectivity index (χ4n) is 3.29. The number of nitrogens with one attached hydrogen (secondary N) is 1. The molecule has 1 aliphatic heterocycles. The average molecular weight is 497 g/mol. The molecule has 0 radical (unpaired) electrons. The molecule has 1 aromatic heterocycles. The van der Waals surface area contributed by atoms with Gasteiger partial charge < -0.3 is 15.0 Å². The van der Waals surface area contributed by atoms with Gasteiger partial charge in [-0.3, -0.25) is 10.1 Å². The maximum atomic E-state index is 13.1. The highest BCUT2D eigenvalue weighted by Gasteiger charge is 2.27. The molecule has 0 aliphatic carbocycles. The highest BCUT2D eigenvalue weighted by Crippen LogP contribution is 2.29. The number of primary amides is 1. The Kier molecular flexibility index (Phi) is 8.10. The Hall–Kier alpha value is -2.48. The number of benzene rings is 1. The molecule has 2 aromatic rings. The molecule has 0 bridgehead atoms. The van der Waals surface area contributed by atoms with Crippen molar-refractivity contribution in [3.8, 4) is 11.4 Å². The molecule has 1 saturated heterocycles. The predicted molar refractivity (Wildman–Crippen MR) is 123 cm³/mol. The Bertz CT molecular complexity index is 1110. The number of imide groups is 1. The van der Waals surface area contributed by atoms with Gasteiger partial charge in [-0.05, 0) is 25.0 Å². The van der Waals surface area contributed by atoms with Crippen LogP contribution in [0.5, 0.6) is 0 Å². The molecule has 3 N–H and O–H groups in total. The lowest BCUT2D eigenvalue weighted by molar-refractivity contribution is -0.119. The number of aromatic nitrogens is 3. The summed E-state index contributed by atoms with van der Waals surface area (Å²) in [6.45, 7) is 7.58. The molecule has 1 aliphatic rings. The van der Waals surface area contributed by atoms with Crippen LogP contribution in [0.2, 0.25) is 0 Å². The molecule has 0 saturated carbocycles. The minimum atomic E-state index is -3.67. The standard InChI is InChI=1S/C20H28N6O5S2/c1-13(2)12-26-17(23-24-20(26)32-14(3)18(27)22-19(21)28)15-5-4-6-16(11-15)33(29,30)25-7-9-31-10-8-25/h4-6,11,13-14H,7-10,12H2,1-3H3,(H3,21,22,27,28)/t14-/m0/s1. The van der Waals surface area contributed by atoms with Gasteiger partial charge >= 0.3 is 6.03 Å². The molecular formula is C20H28N6O5S2. The Morgan fingerprint density at radius 2 is 1.91 bits per heavy atom. The third-order valence-electron chi connectivity index (χ3n) is 4.86. The quantitative estimate of drug-likeness (QED) is 0.519. The molecule has 0 unspecified atom stereocenters. The summed E-state index contributed by atoms with van der Waals surface area (Å²) < 4.78 is 34.7. The number of hydrogen-bond donors (Lipinski definition) is 2. The van der Waals surface area contributed by atoms with Gasteiger partial charge in [0.25, 0.3) is 0 Å². The second kappa shape index (κ2) is 10.6. The molecule has 180 valence electrons. The number of sulfonamides is 1. The fraction of sp³-hybridized carbons (Fsp3) is 0.500. The number of rotatable bonds is 8. The van der Waals surface area contributed by atoms with Crippen molar-refractivity contribution in [2.45, 2.75) is 42.6 Å². The number of carbonyl (C=O) groups is 2. The third-order valence-corrected chi connectivity index (χ3v) is 7.84. The lowest BCUT2D eigenvalue weighted by Crippen LogP contribution is -2.40. The summed E-state index contributed by atoms with van der Waals surface area (Å²) in [5, 5.41) is 10.4. The first-order chi connectivity index (χ1) is 15.6. The maximum Gasteiger partial charge on any atom is 0.318 e. The lowest BCUT2D eigenvalue weighted by atomic mass is 10.2. The van der Waals surface area contributed by atoms with E-state index in [-0.39, 0.29) is 10.8 Å². The normalized spacial score (nSPS) is 16.0. The van der Waals surface area contributed by atoms with Crippen LogP contribution in [0.3, 0.4) is 0 Å². The molecule has 1 fully saturated rings. The van der Waals surface area contributed by atoms with E-state index in [4.69, 9.17) is 10.5 Å². The monoisotopic (exact) mass is 496 g/mol. The third kappa shape index (κ3) is 6.10. The van der Waals surface area contributed by atoms with Crippen LogP contribution in [0.25, 0.3) is 11.4 Å². The van der Waals surface area contributed by atoms with Gasteiger partial charge in [0.1, 0.15) is 0 Å². The minimum Gasteiger partial charge on any atom is -0.379 e. The van der Waals surface area contributed by atoms with Gasteiger partial charge in [0.15, 0.2) is 11.0 Å². The van der Waals surface area contributed by atoms with Crippen molar-refractivity contribution < 1.29 is 22.7 Å². The van der Waals surface area contributed by atoms with Crippen molar-refractivity contribution in [3.63, 3.8) is 0 Å². The zero-order chi connectivity index (χ0) is 24.2. The predicted octanol–water partition coefficient (Wildman–Crippen LogP) is 1.30. The summed E-state index contributed by atoms with van der Waals surface area (Å²) in [6, 6.07) is 5.67. The van der Waals surface area contributed by atoms with Crippen LogP contribution < -0.4 is 11.1 Å². The number of thioether (sulfide) groups is 1. The number of morpholine rings is 1. The summed E-state index contributed by atoms with van der Waals surface area (Å²) in [6.07, 6.45) is 0. The SMILES string of the molecule is CC(C)Cn1c(S[C@@H](C)C(=O)NC(N)=O)nnc1-c1cccc(S(=O)(=O)N2CCOCC2)c1. The van der Waals surface area contributed by atoms with Gasteiger partial charge in [-0.15, -0.1) is 10.2 Å². The van der Waals surface area contributed by atoms with Gasteiger partial charge in [0.2, 0.25) is 15.9 Å². The topological polar surface area (TPSA) is 150 Å². The van der Waals surface area contributed by atoms with Gasteiger partial charge in [-0.2, -0.15) is 4.31 Å². The zero-order valence-electron chi connectivity index (χ0n) is 18.7. The summed E-state index contributed by atoms with van der Waals surface area (Å²) >= 11 is 1.14.